The molecule has 2 heterocycles. The third-order valence-corrected chi connectivity index (χ3v) is 5.97. The molecule has 1 atom stereocenters. The summed E-state index contributed by atoms with van der Waals surface area (Å²) in [6.45, 7) is 3.83. The highest BCUT2D eigenvalue weighted by molar-refractivity contribution is 7.90. The van der Waals surface area contributed by atoms with Gasteiger partial charge >= 0.3 is 0 Å². The second-order valence-corrected chi connectivity index (χ2v) is 9.25. The van der Waals surface area contributed by atoms with E-state index in [9.17, 15) is 8.42 Å². The zero-order valence-electron chi connectivity index (χ0n) is 13.5. The fourth-order valence-electron chi connectivity index (χ4n) is 3.39. The number of fused-ring (bicyclic) bond motifs is 1. The van der Waals surface area contributed by atoms with Crippen LogP contribution in [0.3, 0.4) is 0 Å². The van der Waals surface area contributed by atoms with Crippen LogP contribution in [0.15, 0.2) is 0 Å². The molecule has 1 N–H and O–H groups in total. The molecule has 1 aromatic rings. The summed E-state index contributed by atoms with van der Waals surface area (Å²) in [7, 11) is -2.91. The molecule has 7 heteroatoms. The molecule has 0 radical (unpaired) electrons. The SMILES string of the molecule is C[C@@H](NCC1(CS(C)(=O)=O)CC1)c1nnc2n1CCCCC2. The lowest BCUT2D eigenvalue weighted by Crippen LogP contribution is -2.32. The fraction of sp³-hybridized carbons (Fsp3) is 0.867. The maximum Gasteiger partial charge on any atom is 0.149 e. The van der Waals surface area contributed by atoms with Crippen LogP contribution < -0.4 is 5.32 Å². The largest absolute Gasteiger partial charge is 0.314 e. The van der Waals surface area contributed by atoms with Crippen LogP contribution in [-0.4, -0.2) is 41.7 Å². The van der Waals surface area contributed by atoms with E-state index in [4.69, 9.17) is 0 Å². The molecule has 0 bridgehead atoms. The van der Waals surface area contributed by atoms with Crippen LogP contribution in [0.25, 0.3) is 0 Å². The van der Waals surface area contributed by atoms with Gasteiger partial charge in [-0.05, 0) is 38.0 Å². The lowest BCUT2D eigenvalue weighted by molar-refractivity contribution is 0.432. The van der Waals surface area contributed by atoms with Gasteiger partial charge in [0.25, 0.3) is 0 Å². The van der Waals surface area contributed by atoms with Crippen LogP contribution in [0.4, 0.5) is 0 Å². The first-order valence-corrected chi connectivity index (χ1v) is 10.3. The zero-order valence-corrected chi connectivity index (χ0v) is 14.3. The Morgan fingerprint density at radius 1 is 1.27 bits per heavy atom. The predicted octanol–water partition coefficient (Wildman–Crippen LogP) is 1.48. The molecule has 0 spiro atoms. The summed E-state index contributed by atoms with van der Waals surface area (Å²) in [5, 5.41) is 12.2. The standard InChI is InChI=1S/C15H26N4O2S/c1-12(16-10-15(7-8-15)11-22(2,20)21)14-18-17-13-6-4-3-5-9-19(13)14/h12,16H,3-11H2,1-2H3/t12-/m1/s1. The highest BCUT2D eigenvalue weighted by Crippen LogP contribution is 2.46. The van der Waals surface area contributed by atoms with Gasteiger partial charge in [0.1, 0.15) is 21.5 Å². The Morgan fingerprint density at radius 3 is 2.73 bits per heavy atom. The van der Waals surface area contributed by atoms with Crippen molar-refractivity contribution in [1.29, 1.82) is 0 Å². The molecule has 1 aromatic heterocycles. The third-order valence-electron chi connectivity index (χ3n) is 4.83. The number of aromatic nitrogens is 3. The topological polar surface area (TPSA) is 76.9 Å². The van der Waals surface area contributed by atoms with Crippen LogP contribution in [0.1, 0.15) is 56.7 Å². The van der Waals surface area contributed by atoms with Gasteiger partial charge in [-0.1, -0.05) is 6.42 Å². The Hall–Kier alpha value is -0.950. The van der Waals surface area contributed by atoms with Gasteiger partial charge < -0.3 is 9.88 Å². The monoisotopic (exact) mass is 326 g/mol. The molecule has 0 aromatic carbocycles. The minimum Gasteiger partial charge on any atom is -0.314 e. The maximum absolute atomic E-state index is 11.5. The summed E-state index contributed by atoms with van der Waals surface area (Å²) in [4.78, 5) is 0. The first-order chi connectivity index (χ1) is 10.4. The average molecular weight is 326 g/mol. The molecular formula is C15H26N4O2S. The number of aryl methyl sites for hydroxylation is 1. The molecular weight excluding hydrogens is 300 g/mol. The lowest BCUT2D eigenvalue weighted by atomic mass is 10.1. The van der Waals surface area contributed by atoms with Crippen molar-refractivity contribution in [2.75, 3.05) is 18.6 Å². The molecule has 1 fully saturated rings. The first-order valence-electron chi connectivity index (χ1n) is 8.22. The van der Waals surface area contributed by atoms with E-state index in [0.717, 1.165) is 44.0 Å². The summed E-state index contributed by atoms with van der Waals surface area (Å²) in [5.41, 5.74) is -0.0521. The fourth-order valence-corrected chi connectivity index (χ4v) is 4.90. The number of hydrogen-bond acceptors (Lipinski definition) is 5. The van der Waals surface area contributed by atoms with Gasteiger partial charge in [0.05, 0.1) is 11.8 Å². The quantitative estimate of drug-likeness (QED) is 0.857. The second kappa shape index (κ2) is 5.92. The lowest BCUT2D eigenvalue weighted by Gasteiger charge is -2.20. The predicted molar refractivity (Wildman–Crippen MR) is 85.4 cm³/mol. The van der Waals surface area contributed by atoms with Gasteiger partial charge in [-0.2, -0.15) is 0 Å². The van der Waals surface area contributed by atoms with Crippen molar-refractivity contribution < 1.29 is 8.42 Å². The summed E-state index contributed by atoms with van der Waals surface area (Å²) < 4.78 is 25.3. The number of rotatable bonds is 6. The molecule has 124 valence electrons. The van der Waals surface area contributed by atoms with Crippen molar-refractivity contribution in [2.24, 2.45) is 5.41 Å². The van der Waals surface area contributed by atoms with Crippen molar-refractivity contribution in [3.63, 3.8) is 0 Å². The van der Waals surface area contributed by atoms with E-state index < -0.39 is 9.84 Å². The zero-order chi connectivity index (χ0) is 15.8. The van der Waals surface area contributed by atoms with E-state index in [1.807, 2.05) is 0 Å². The minimum atomic E-state index is -2.91. The molecule has 1 saturated carbocycles. The molecule has 6 nitrogen and oxygen atoms in total. The number of hydrogen-bond donors (Lipinski definition) is 1. The molecule has 0 unspecified atom stereocenters. The van der Waals surface area contributed by atoms with Crippen molar-refractivity contribution >= 4 is 9.84 Å². The minimum absolute atomic E-state index is 0.0521. The summed E-state index contributed by atoms with van der Waals surface area (Å²) in [6, 6.07) is 0.108. The van der Waals surface area contributed by atoms with E-state index in [0.29, 0.717) is 0 Å². The van der Waals surface area contributed by atoms with Gasteiger partial charge in [0.15, 0.2) is 0 Å². The average Bonchev–Trinajstić information content (AvgIpc) is 3.13. The van der Waals surface area contributed by atoms with Gasteiger partial charge in [-0.3, -0.25) is 0 Å². The van der Waals surface area contributed by atoms with Crippen molar-refractivity contribution in [3.8, 4) is 0 Å². The van der Waals surface area contributed by atoms with Crippen LogP contribution in [-0.2, 0) is 22.8 Å². The van der Waals surface area contributed by atoms with E-state index in [1.165, 1.54) is 25.5 Å². The van der Waals surface area contributed by atoms with E-state index in [2.05, 4.69) is 27.0 Å². The van der Waals surface area contributed by atoms with Gasteiger partial charge in [-0.15, -0.1) is 10.2 Å². The highest BCUT2D eigenvalue weighted by atomic mass is 32.2. The summed E-state index contributed by atoms with van der Waals surface area (Å²) in [6.07, 6.45) is 7.96. The molecule has 3 rings (SSSR count). The molecule has 22 heavy (non-hydrogen) atoms. The second-order valence-electron chi connectivity index (χ2n) is 7.11. The highest BCUT2D eigenvalue weighted by Gasteiger charge is 2.45. The van der Waals surface area contributed by atoms with Crippen LogP contribution in [0.2, 0.25) is 0 Å². The van der Waals surface area contributed by atoms with Crippen LogP contribution in [0, 0.1) is 5.41 Å². The Bertz CT molecular complexity index is 634. The van der Waals surface area contributed by atoms with Crippen LogP contribution >= 0.6 is 0 Å². The Labute approximate surface area is 132 Å². The Balaban J connectivity index is 1.63. The van der Waals surface area contributed by atoms with Crippen LogP contribution in [0.5, 0.6) is 0 Å². The molecule has 2 aliphatic rings. The Kier molecular flexibility index (Phi) is 4.29. The molecule has 1 aliphatic heterocycles. The summed E-state index contributed by atoms with van der Waals surface area (Å²) in [5.74, 6) is 2.38. The smallest absolute Gasteiger partial charge is 0.149 e. The van der Waals surface area contributed by atoms with E-state index in [-0.39, 0.29) is 17.2 Å². The van der Waals surface area contributed by atoms with Crippen molar-refractivity contribution in [2.45, 2.75) is 58.0 Å². The number of sulfone groups is 1. The van der Waals surface area contributed by atoms with E-state index >= 15 is 0 Å². The molecule has 0 amide bonds. The third kappa shape index (κ3) is 3.68. The molecule has 1 aliphatic carbocycles. The number of nitrogens with one attached hydrogen (secondary N) is 1. The van der Waals surface area contributed by atoms with Gasteiger partial charge in [0, 0.05) is 25.8 Å². The number of nitrogens with zero attached hydrogens (tertiary/aromatic N) is 3. The van der Waals surface area contributed by atoms with Gasteiger partial charge in [-0.25, -0.2) is 8.42 Å². The van der Waals surface area contributed by atoms with Crippen molar-refractivity contribution in [3.05, 3.63) is 11.6 Å². The normalized spacial score (nSPS) is 21.9. The molecule has 0 saturated heterocycles. The van der Waals surface area contributed by atoms with E-state index in [1.54, 1.807) is 0 Å². The first kappa shape index (κ1) is 15.9. The van der Waals surface area contributed by atoms with Gasteiger partial charge in [0.2, 0.25) is 0 Å². The summed E-state index contributed by atoms with van der Waals surface area (Å²) >= 11 is 0. The Morgan fingerprint density at radius 2 is 2.05 bits per heavy atom. The van der Waals surface area contributed by atoms with Crippen molar-refractivity contribution in [1.82, 2.24) is 20.1 Å². The maximum atomic E-state index is 11.5.